The Hall–Kier alpha value is -3.34. The van der Waals surface area contributed by atoms with Crippen LogP contribution >= 0.6 is 11.6 Å². The second-order valence-corrected chi connectivity index (χ2v) is 8.38. The van der Waals surface area contributed by atoms with Crippen molar-refractivity contribution in [2.45, 2.75) is 12.5 Å². The van der Waals surface area contributed by atoms with Crippen molar-refractivity contribution >= 4 is 28.5 Å². The molecule has 32 heavy (non-hydrogen) atoms. The second kappa shape index (κ2) is 8.65. The van der Waals surface area contributed by atoms with E-state index >= 15 is 0 Å². The van der Waals surface area contributed by atoms with Crippen LogP contribution in [-0.2, 0) is 0 Å². The topological polar surface area (TPSA) is 86.8 Å². The van der Waals surface area contributed by atoms with Crippen LogP contribution < -0.4 is 10.2 Å². The van der Waals surface area contributed by atoms with Crippen LogP contribution in [-0.4, -0.2) is 50.0 Å². The van der Waals surface area contributed by atoms with E-state index in [2.05, 4.69) is 6.07 Å². The SMILES string of the molecule is COc1ccc(C2c3c(oc4ccc(Cl)cc4c3=O)C(=O)N2CCCN(C)C)cc1C#N. The fraction of sp³-hybridized carbons (Fsp3) is 0.292. The maximum atomic E-state index is 13.5. The minimum atomic E-state index is -0.669. The van der Waals surface area contributed by atoms with E-state index < -0.39 is 6.04 Å². The first kappa shape index (κ1) is 21.9. The average Bonchev–Trinajstić information content (AvgIpc) is 3.05. The Morgan fingerprint density at radius 2 is 2.00 bits per heavy atom. The number of hydrogen-bond donors (Lipinski definition) is 0. The van der Waals surface area contributed by atoms with Crippen LogP contribution in [0.25, 0.3) is 11.0 Å². The van der Waals surface area contributed by atoms with Crippen LogP contribution in [0, 0.1) is 11.3 Å². The van der Waals surface area contributed by atoms with Crippen molar-refractivity contribution in [2.75, 3.05) is 34.3 Å². The third kappa shape index (κ3) is 3.72. The lowest BCUT2D eigenvalue weighted by atomic mass is 9.96. The second-order valence-electron chi connectivity index (χ2n) is 7.94. The third-order valence-electron chi connectivity index (χ3n) is 5.59. The minimum Gasteiger partial charge on any atom is -0.495 e. The molecule has 0 fully saturated rings. The number of hydrogen-bond acceptors (Lipinski definition) is 6. The molecule has 3 aromatic rings. The predicted octanol–water partition coefficient (Wildman–Crippen LogP) is 3.82. The number of nitriles is 1. The van der Waals surface area contributed by atoms with E-state index in [4.69, 9.17) is 20.8 Å². The summed E-state index contributed by atoms with van der Waals surface area (Å²) in [6, 6.07) is 11.3. The van der Waals surface area contributed by atoms with Gasteiger partial charge in [0.15, 0.2) is 5.43 Å². The molecule has 0 spiro atoms. The average molecular weight is 452 g/mol. The Kier molecular flexibility index (Phi) is 5.92. The summed E-state index contributed by atoms with van der Waals surface area (Å²) in [5.74, 6) is 0.123. The first-order chi connectivity index (χ1) is 15.3. The lowest BCUT2D eigenvalue weighted by Gasteiger charge is -2.26. The third-order valence-corrected chi connectivity index (χ3v) is 5.83. The molecule has 0 N–H and O–H groups in total. The first-order valence-corrected chi connectivity index (χ1v) is 10.5. The van der Waals surface area contributed by atoms with E-state index in [1.165, 1.54) is 7.11 Å². The number of methoxy groups -OCH3 is 1. The number of amides is 1. The van der Waals surface area contributed by atoms with E-state index in [9.17, 15) is 14.9 Å². The molecule has 1 atom stereocenters. The summed E-state index contributed by atoms with van der Waals surface area (Å²) in [5, 5.41) is 10.3. The van der Waals surface area contributed by atoms with Crippen molar-refractivity contribution < 1.29 is 13.9 Å². The smallest absolute Gasteiger partial charge is 0.290 e. The van der Waals surface area contributed by atoms with Crippen LogP contribution in [0.3, 0.4) is 0 Å². The number of fused-ring (bicyclic) bond motifs is 2. The van der Waals surface area contributed by atoms with E-state index in [1.807, 2.05) is 19.0 Å². The van der Waals surface area contributed by atoms with Crippen LogP contribution in [0.4, 0.5) is 0 Å². The van der Waals surface area contributed by atoms with E-state index in [-0.39, 0.29) is 22.7 Å². The molecule has 1 aliphatic heterocycles. The Morgan fingerprint density at radius 3 is 2.69 bits per heavy atom. The number of nitrogens with zero attached hydrogens (tertiary/aromatic N) is 3. The summed E-state index contributed by atoms with van der Waals surface area (Å²) >= 11 is 6.11. The molecule has 2 heterocycles. The molecule has 0 saturated heterocycles. The van der Waals surface area contributed by atoms with E-state index in [0.717, 1.165) is 6.54 Å². The Morgan fingerprint density at radius 1 is 1.22 bits per heavy atom. The number of rotatable bonds is 6. The van der Waals surface area contributed by atoms with Gasteiger partial charge in [-0.25, -0.2) is 0 Å². The van der Waals surface area contributed by atoms with Gasteiger partial charge < -0.3 is 19.0 Å². The summed E-state index contributed by atoms with van der Waals surface area (Å²) in [4.78, 5) is 30.5. The molecule has 4 rings (SSSR count). The van der Waals surface area contributed by atoms with Gasteiger partial charge >= 0.3 is 0 Å². The molecule has 1 unspecified atom stereocenters. The fourth-order valence-corrected chi connectivity index (χ4v) is 4.28. The summed E-state index contributed by atoms with van der Waals surface area (Å²) in [6.07, 6.45) is 0.712. The summed E-state index contributed by atoms with van der Waals surface area (Å²) in [5.41, 5.74) is 1.25. The maximum Gasteiger partial charge on any atom is 0.290 e. The molecule has 7 nitrogen and oxygen atoms in total. The van der Waals surface area contributed by atoms with Gasteiger partial charge in [-0.15, -0.1) is 0 Å². The van der Waals surface area contributed by atoms with Crippen LogP contribution in [0.2, 0.25) is 5.02 Å². The van der Waals surface area contributed by atoms with Crippen LogP contribution in [0.15, 0.2) is 45.6 Å². The highest BCUT2D eigenvalue weighted by Crippen LogP contribution is 2.39. The zero-order chi connectivity index (χ0) is 23.0. The van der Waals surface area contributed by atoms with Crippen molar-refractivity contribution in [3.8, 4) is 11.8 Å². The highest BCUT2D eigenvalue weighted by Gasteiger charge is 2.42. The summed E-state index contributed by atoms with van der Waals surface area (Å²) < 4.78 is 11.2. The molecular formula is C24H22ClN3O4. The normalized spacial score (nSPS) is 15.3. The van der Waals surface area contributed by atoms with Gasteiger partial charge in [0.05, 0.1) is 29.7 Å². The molecule has 8 heteroatoms. The van der Waals surface area contributed by atoms with Crippen molar-refractivity contribution in [2.24, 2.45) is 0 Å². The van der Waals surface area contributed by atoms with Gasteiger partial charge in [0.25, 0.3) is 5.91 Å². The number of halogens is 1. The zero-order valence-electron chi connectivity index (χ0n) is 18.0. The fourth-order valence-electron chi connectivity index (χ4n) is 4.11. The van der Waals surface area contributed by atoms with Gasteiger partial charge in [0.2, 0.25) is 5.76 Å². The lowest BCUT2D eigenvalue weighted by Crippen LogP contribution is -2.32. The van der Waals surface area contributed by atoms with Gasteiger partial charge in [-0.1, -0.05) is 17.7 Å². The molecule has 1 amide bonds. The largest absolute Gasteiger partial charge is 0.495 e. The molecular weight excluding hydrogens is 430 g/mol. The van der Waals surface area contributed by atoms with Gasteiger partial charge in [-0.05, 0) is 63.0 Å². The van der Waals surface area contributed by atoms with Crippen molar-refractivity contribution in [1.29, 1.82) is 5.26 Å². The number of benzene rings is 2. The Bertz CT molecular complexity index is 1310. The van der Waals surface area contributed by atoms with Gasteiger partial charge in [0.1, 0.15) is 17.4 Å². The Labute approximate surface area is 190 Å². The first-order valence-electron chi connectivity index (χ1n) is 10.2. The molecule has 164 valence electrons. The monoisotopic (exact) mass is 451 g/mol. The quantitative estimate of drug-likeness (QED) is 0.566. The van der Waals surface area contributed by atoms with Crippen molar-refractivity contribution in [3.63, 3.8) is 0 Å². The highest BCUT2D eigenvalue weighted by atomic mass is 35.5. The van der Waals surface area contributed by atoms with Gasteiger partial charge in [0, 0.05) is 11.6 Å². The number of carbonyl (C=O) groups excluding carboxylic acids is 1. The predicted molar refractivity (Wildman–Crippen MR) is 121 cm³/mol. The summed E-state index contributed by atoms with van der Waals surface area (Å²) in [6.45, 7) is 1.20. The molecule has 0 bridgehead atoms. The van der Waals surface area contributed by atoms with Crippen LogP contribution in [0.1, 0.15) is 39.7 Å². The maximum absolute atomic E-state index is 13.5. The highest BCUT2D eigenvalue weighted by molar-refractivity contribution is 6.31. The minimum absolute atomic E-state index is 0.0361. The number of ether oxygens (including phenoxy) is 1. The van der Waals surface area contributed by atoms with Gasteiger partial charge in [-0.3, -0.25) is 9.59 Å². The molecule has 2 aromatic carbocycles. The standard InChI is InChI=1S/C24H22ClN3O4/c1-27(2)9-4-10-28-21(14-5-7-18(31-3)15(11-14)13-26)20-22(29)17-12-16(25)6-8-19(17)32-23(20)24(28)30/h5-8,11-12,21H,4,9-10H2,1-3H3. The molecule has 0 saturated carbocycles. The van der Waals surface area contributed by atoms with Crippen molar-refractivity contribution in [1.82, 2.24) is 9.80 Å². The molecule has 1 aromatic heterocycles. The summed E-state index contributed by atoms with van der Waals surface area (Å²) in [7, 11) is 5.41. The zero-order valence-corrected chi connectivity index (χ0v) is 18.8. The van der Waals surface area contributed by atoms with Crippen LogP contribution in [0.5, 0.6) is 5.75 Å². The lowest BCUT2D eigenvalue weighted by molar-refractivity contribution is 0.0722. The van der Waals surface area contributed by atoms with E-state index in [1.54, 1.807) is 41.3 Å². The molecule has 1 aliphatic rings. The van der Waals surface area contributed by atoms with Crippen molar-refractivity contribution in [3.05, 3.63) is 74.1 Å². The Balaban J connectivity index is 1.91. The van der Waals surface area contributed by atoms with E-state index in [0.29, 0.717) is 45.8 Å². The molecule has 0 radical (unpaired) electrons. The molecule has 0 aliphatic carbocycles. The number of carbonyl (C=O) groups is 1. The van der Waals surface area contributed by atoms with Gasteiger partial charge in [-0.2, -0.15) is 5.26 Å².